The van der Waals surface area contributed by atoms with E-state index in [0.717, 1.165) is 11.3 Å². The molecule has 1 aliphatic heterocycles. The van der Waals surface area contributed by atoms with Crippen LogP contribution >= 0.6 is 11.3 Å². The van der Waals surface area contributed by atoms with E-state index in [1.165, 1.54) is 0 Å². The number of rotatable bonds is 2. The molecular weight excluding hydrogens is 233 g/mol. The lowest BCUT2D eigenvalue weighted by molar-refractivity contribution is 0.00578. The number of nitrogens with zero attached hydrogens (tertiary/aromatic N) is 1. The minimum atomic E-state index is -3.18. The molecule has 2 rings (SSSR count). The summed E-state index contributed by atoms with van der Waals surface area (Å²) in [6.07, 6.45) is 0. The summed E-state index contributed by atoms with van der Waals surface area (Å²) >= 11 is 0.758. The van der Waals surface area contributed by atoms with Crippen molar-refractivity contribution in [2.75, 3.05) is 0 Å². The molecule has 1 aromatic heterocycles. The fraction of sp³-hybridized carbons (Fsp3) is 0.750. The third kappa shape index (κ3) is 2.16. The summed E-state index contributed by atoms with van der Waals surface area (Å²) < 4.78 is 73.5. The van der Waals surface area contributed by atoms with Gasteiger partial charge in [-0.05, 0) is 33.6 Å². The highest BCUT2D eigenvalue weighted by Gasteiger charge is 2.52. The summed E-state index contributed by atoms with van der Waals surface area (Å²) in [5.41, 5.74) is -2.30. The van der Waals surface area contributed by atoms with Gasteiger partial charge < -0.3 is 9.31 Å². The first-order valence-electron chi connectivity index (χ1n) is 9.27. The van der Waals surface area contributed by atoms with Crippen LogP contribution in [0.5, 0.6) is 0 Å². The molecular formula is C12H20BNO2S. The Hall–Kier alpha value is -0.385. The van der Waals surface area contributed by atoms with Crippen molar-refractivity contribution >= 4 is 23.2 Å². The summed E-state index contributed by atoms with van der Waals surface area (Å²) in [4.78, 5) is 3.77. The van der Waals surface area contributed by atoms with Crippen LogP contribution in [0.1, 0.15) is 64.0 Å². The second-order valence-corrected chi connectivity index (χ2v) is 5.81. The van der Waals surface area contributed by atoms with Gasteiger partial charge in [0.25, 0.3) is 0 Å². The van der Waals surface area contributed by atoms with Crippen LogP contribution < -0.4 is 4.78 Å². The predicted octanol–water partition coefficient (Wildman–Crippen LogP) is 2.57. The molecule has 1 saturated heterocycles. The molecule has 2 heterocycles. The fourth-order valence-electron chi connectivity index (χ4n) is 1.51. The number of aromatic nitrogens is 1. The molecule has 17 heavy (non-hydrogen) atoms. The van der Waals surface area contributed by atoms with E-state index in [0.29, 0.717) is 0 Å². The van der Waals surface area contributed by atoms with E-state index in [1.807, 2.05) is 0 Å². The van der Waals surface area contributed by atoms with Crippen molar-refractivity contribution in [2.24, 2.45) is 0 Å². The summed E-state index contributed by atoms with van der Waals surface area (Å²) in [6, 6.07) is 0. The Bertz CT molecular complexity index is 639. The minimum Gasteiger partial charge on any atom is -0.399 e. The Morgan fingerprint density at radius 3 is 2.53 bits per heavy atom. The van der Waals surface area contributed by atoms with Crippen molar-refractivity contribution in [1.29, 1.82) is 0 Å². The van der Waals surface area contributed by atoms with E-state index in [-0.39, 0.29) is 10.3 Å². The van der Waals surface area contributed by atoms with Gasteiger partial charge in [-0.15, -0.1) is 11.3 Å². The van der Waals surface area contributed by atoms with E-state index in [1.54, 1.807) is 27.7 Å². The van der Waals surface area contributed by atoms with E-state index >= 15 is 0 Å². The lowest BCUT2D eigenvalue weighted by Gasteiger charge is -2.32. The number of thiazole rings is 1. The third-order valence-corrected chi connectivity index (χ3v) is 4.04. The molecule has 0 radical (unpaired) electrons. The Morgan fingerprint density at radius 1 is 1.41 bits per heavy atom. The molecule has 0 aliphatic carbocycles. The van der Waals surface area contributed by atoms with Crippen molar-refractivity contribution in [1.82, 2.24) is 4.98 Å². The van der Waals surface area contributed by atoms with Gasteiger partial charge in [0.1, 0.15) is 0 Å². The molecule has 0 saturated carbocycles. The summed E-state index contributed by atoms with van der Waals surface area (Å²) in [6.45, 7) is 0.787. The molecule has 0 aromatic carbocycles. The van der Waals surface area contributed by atoms with Crippen molar-refractivity contribution in [3.05, 3.63) is 11.2 Å². The van der Waals surface area contributed by atoms with Crippen molar-refractivity contribution in [2.45, 2.75) is 58.5 Å². The van der Waals surface area contributed by atoms with Gasteiger partial charge in [-0.3, -0.25) is 0 Å². The molecule has 5 heteroatoms. The lowest BCUT2D eigenvalue weighted by atomic mass is 9.84. The maximum atomic E-state index is 8.31. The lowest BCUT2D eigenvalue weighted by Crippen LogP contribution is -2.41. The average molecular weight is 261 g/mol. The smallest absolute Gasteiger partial charge is 0.399 e. The first kappa shape index (κ1) is 6.17. The van der Waals surface area contributed by atoms with Crippen LogP contribution in [0.25, 0.3) is 0 Å². The van der Waals surface area contributed by atoms with Crippen molar-refractivity contribution in [3.63, 3.8) is 0 Å². The highest BCUT2D eigenvalue weighted by Crippen LogP contribution is 2.37. The molecule has 1 aliphatic rings. The maximum absolute atomic E-state index is 8.31. The fourth-order valence-corrected chi connectivity index (χ4v) is 2.18. The van der Waals surface area contributed by atoms with Crippen LogP contribution in [-0.2, 0) is 9.31 Å². The molecule has 1 fully saturated rings. The van der Waals surface area contributed by atoms with Crippen LogP contribution in [-0.4, -0.2) is 23.3 Å². The van der Waals surface area contributed by atoms with Crippen LogP contribution in [0.2, 0.25) is 0 Å². The first-order chi connectivity index (χ1) is 10.9. The van der Waals surface area contributed by atoms with Gasteiger partial charge in [0.15, 0.2) is 0 Å². The molecule has 3 nitrogen and oxygen atoms in total. The maximum Gasteiger partial charge on any atom is 0.507 e. The van der Waals surface area contributed by atoms with E-state index < -0.39 is 43.6 Å². The Kier molecular flexibility index (Phi) is 1.48. The largest absolute Gasteiger partial charge is 0.507 e. The summed E-state index contributed by atoms with van der Waals surface area (Å²) in [5, 5.41) is 0. The second kappa shape index (κ2) is 4.07. The molecule has 0 N–H and O–H groups in total. The third-order valence-electron chi connectivity index (χ3n) is 3.25. The first-order valence-corrected chi connectivity index (χ1v) is 6.09. The molecule has 0 unspecified atom stereocenters. The van der Waals surface area contributed by atoms with Gasteiger partial charge in [0, 0.05) is 9.60 Å². The summed E-state index contributed by atoms with van der Waals surface area (Å²) in [7, 11) is -1.09. The Labute approximate surface area is 119 Å². The van der Waals surface area contributed by atoms with Crippen LogP contribution in [0.15, 0.2) is 5.49 Å². The van der Waals surface area contributed by atoms with Crippen molar-refractivity contribution < 1.29 is 20.3 Å². The van der Waals surface area contributed by atoms with Gasteiger partial charge in [0.05, 0.1) is 28.5 Å². The highest BCUT2D eigenvalue weighted by atomic mass is 32.1. The quantitative estimate of drug-likeness (QED) is 0.767. The van der Waals surface area contributed by atoms with Gasteiger partial charge >= 0.3 is 7.12 Å². The van der Waals surface area contributed by atoms with Crippen LogP contribution in [0.3, 0.4) is 0 Å². The minimum absolute atomic E-state index is 0.0332. The molecule has 94 valence electrons. The zero-order chi connectivity index (χ0) is 19.6. The zero-order valence-electron chi connectivity index (χ0n) is 18.2. The molecule has 1 aromatic rings. The van der Waals surface area contributed by atoms with Crippen LogP contribution in [0, 0.1) is 0 Å². The average Bonchev–Trinajstić information content (AvgIpc) is 2.84. The monoisotopic (exact) mass is 261 g/mol. The topological polar surface area (TPSA) is 31.4 Å². The molecule has 0 spiro atoms. The number of hydrogen-bond acceptors (Lipinski definition) is 4. The summed E-state index contributed by atoms with van der Waals surface area (Å²) in [5.74, 6) is -2.99. The van der Waals surface area contributed by atoms with Gasteiger partial charge in [0.2, 0.25) is 0 Å². The van der Waals surface area contributed by atoms with Gasteiger partial charge in [-0.1, -0.05) is 13.7 Å². The van der Waals surface area contributed by atoms with Crippen LogP contribution in [0.4, 0.5) is 0 Å². The van der Waals surface area contributed by atoms with E-state index in [2.05, 4.69) is 4.98 Å². The molecule has 0 bridgehead atoms. The molecule has 0 amide bonds. The highest BCUT2D eigenvalue weighted by molar-refractivity contribution is 7.20. The Balaban J connectivity index is 2.63. The van der Waals surface area contributed by atoms with E-state index in [4.69, 9.17) is 20.3 Å². The van der Waals surface area contributed by atoms with Gasteiger partial charge in [-0.25, -0.2) is 4.98 Å². The standard InChI is InChI=1S/C12H20BNO2S/c1-8(2)9-10(17-7-14-9)13-15-11(3,4)12(5,6)16-13/h7-8H,1-6H3/i1D3,2D3,7D,8D. The van der Waals surface area contributed by atoms with Crippen molar-refractivity contribution in [3.8, 4) is 0 Å². The van der Waals surface area contributed by atoms with Gasteiger partial charge in [-0.2, -0.15) is 0 Å². The predicted molar refractivity (Wildman–Crippen MR) is 71.9 cm³/mol. The SMILES string of the molecule is [2H]c1nc(C([2H])(C([2H])([2H])[2H])C([2H])([2H])[2H])c(B2OC(C)(C)C(C)(C)O2)s1. The normalized spacial score (nSPS) is 31.4. The molecule has 0 atom stereocenters. The zero-order valence-corrected chi connectivity index (χ0v) is 11.1. The van der Waals surface area contributed by atoms with E-state index in [9.17, 15) is 0 Å². The number of hydrogen-bond donors (Lipinski definition) is 0. The second-order valence-electron chi connectivity index (χ2n) is 4.98. The Morgan fingerprint density at radius 2 is 2.00 bits per heavy atom.